The minimum absolute atomic E-state index is 0.455. The lowest BCUT2D eigenvalue weighted by Gasteiger charge is -2.26. The molecular formula is C17H24ClN3. The Labute approximate surface area is 131 Å². The van der Waals surface area contributed by atoms with Crippen LogP contribution < -0.4 is 0 Å². The highest BCUT2D eigenvalue weighted by Crippen LogP contribution is 2.31. The number of pyridine rings is 1. The fraction of sp³-hybridized carbons (Fsp3) is 0.647. The number of aromatic nitrogens is 3. The Balaban J connectivity index is 1.77. The highest BCUT2D eigenvalue weighted by atomic mass is 35.5. The topological polar surface area (TPSA) is 30.7 Å². The van der Waals surface area contributed by atoms with Gasteiger partial charge in [-0.1, -0.05) is 32.6 Å². The van der Waals surface area contributed by atoms with Crippen LogP contribution in [-0.2, 0) is 12.4 Å². The zero-order chi connectivity index (χ0) is 14.8. The lowest BCUT2D eigenvalue weighted by Crippen LogP contribution is -2.15. The van der Waals surface area contributed by atoms with Crippen LogP contribution in [0.25, 0.3) is 11.2 Å². The van der Waals surface area contributed by atoms with Gasteiger partial charge in [-0.25, -0.2) is 9.97 Å². The van der Waals surface area contributed by atoms with Crippen LogP contribution in [0.15, 0.2) is 12.1 Å². The molecule has 114 valence electrons. The summed E-state index contributed by atoms with van der Waals surface area (Å²) in [4.78, 5) is 9.28. The minimum atomic E-state index is 0.455. The predicted octanol–water partition coefficient (Wildman–Crippen LogP) is 4.69. The number of hydrogen-bond acceptors (Lipinski definition) is 2. The SMILES string of the molecule is Cc1ccc2nc(CCl)n(CCC3CCC(C)CC3)c2n1. The number of fused-ring (bicyclic) bond motifs is 1. The van der Waals surface area contributed by atoms with Crippen molar-refractivity contribution in [1.29, 1.82) is 0 Å². The molecule has 0 aromatic carbocycles. The van der Waals surface area contributed by atoms with Gasteiger partial charge >= 0.3 is 0 Å². The average Bonchev–Trinajstić information content (AvgIpc) is 2.84. The van der Waals surface area contributed by atoms with Gasteiger partial charge < -0.3 is 4.57 Å². The molecule has 1 aliphatic rings. The van der Waals surface area contributed by atoms with Crippen LogP contribution >= 0.6 is 11.6 Å². The van der Waals surface area contributed by atoms with Gasteiger partial charge in [-0.2, -0.15) is 0 Å². The fourth-order valence-electron chi connectivity index (χ4n) is 3.41. The van der Waals surface area contributed by atoms with Gasteiger partial charge in [0.05, 0.1) is 5.88 Å². The summed E-state index contributed by atoms with van der Waals surface area (Å²) in [6.45, 7) is 5.39. The number of aryl methyl sites for hydroxylation is 2. The Morgan fingerprint density at radius 2 is 1.95 bits per heavy atom. The first-order chi connectivity index (χ1) is 10.2. The standard InChI is InChI=1S/C17H24ClN3/c1-12-3-6-14(7-4-12)9-10-21-16(11-18)20-15-8-5-13(2)19-17(15)21/h5,8,12,14H,3-4,6-7,9-11H2,1-2H3. The van der Waals surface area contributed by atoms with Crippen molar-refractivity contribution >= 4 is 22.8 Å². The highest BCUT2D eigenvalue weighted by molar-refractivity contribution is 6.16. The van der Waals surface area contributed by atoms with E-state index in [0.717, 1.165) is 41.1 Å². The first-order valence-corrected chi connectivity index (χ1v) is 8.59. The summed E-state index contributed by atoms with van der Waals surface area (Å²) < 4.78 is 2.23. The minimum Gasteiger partial charge on any atom is -0.312 e. The van der Waals surface area contributed by atoms with Crippen molar-refractivity contribution in [1.82, 2.24) is 14.5 Å². The molecule has 0 saturated heterocycles. The molecule has 2 aromatic heterocycles. The molecular weight excluding hydrogens is 282 g/mol. The molecule has 2 aromatic rings. The first kappa shape index (κ1) is 14.8. The molecule has 1 saturated carbocycles. The zero-order valence-corrected chi connectivity index (χ0v) is 13.7. The second kappa shape index (κ2) is 6.35. The maximum Gasteiger partial charge on any atom is 0.160 e. The van der Waals surface area contributed by atoms with Gasteiger partial charge in [0.1, 0.15) is 11.3 Å². The van der Waals surface area contributed by atoms with E-state index in [1.165, 1.54) is 32.1 Å². The summed E-state index contributed by atoms with van der Waals surface area (Å²) in [5, 5.41) is 0. The third-order valence-electron chi connectivity index (χ3n) is 4.83. The third-order valence-corrected chi connectivity index (χ3v) is 5.07. The van der Waals surface area contributed by atoms with Crippen LogP contribution in [0.4, 0.5) is 0 Å². The molecule has 0 N–H and O–H groups in total. The maximum atomic E-state index is 6.07. The van der Waals surface area contributed by atoms with E-state index >= 15 is 0 Å². The number of imidazole rings is 1. The Kier molecular flexibility index (Phi) is 4.48. The molecule has 1 aliphatic carbocycles. The van der Waals surface area contributed by atoms with Crippen molar-refractivity contribution in [2.45, 2.75) is 58.4 Å². The van der Waals surface area contributed by atoms with E-state index in [1.807, 2.05) is 19.1 Å². The normalized spacial score (nSPS) is 22.8. The fourth-order valence-corrected chi connectivity index (χ4v) is 3.61. The molecule has 2 heterocycles. The Hall–Kier alpha value is -1.09. The molecule has 21 heavy (non-hydrogen) atoms. The van der Waals surface area contributed by atoms with Crippen LogP contribution in [0.3, 0.4) is 0 Å². The van der Waals surface area contributed by atoms with Gasteiger partial charge in [-0.3, -0.25) is 0 Å². The summed E-state index contributed by atoms with van der Waals surface area (Å²) in [6.07, 6.45) is 6.73. The summed E-state index contributed by atoms with van der Waals surface area (Å²) in [6, 6.07) is 4.06. The van der Waals surface area contributed by atoms with Crippen molar-refractivity contribution in [3.63, 3.8) is 0 Å². The van der Waals surface area contributed by atoms with Gasteiger partial charge in [-0.15, -0.1) is 11.6 Å². The van der Waals surface area contributed by atoms with Crippen molar-refractivity contribution in [2.75, 3.05) is 0 Å². The highest BCUT2D eigenvalue weighted by Gasteiger charge is 2.19. The monoisotopic (exact) mass is 305 g/mol. The molecule has 3 rings (SSSR count). The van der Waals surface area contributed by atoms with Crippen LogP contribution in [-0.4, -0.2) is 14.5 Å². The smallest absolute Gasteiger partial charge is 0.160 e. The summed E-state index contributed by atoms with van der Waals surface area (Å²) in [5.41, 5.74) is 3.00. The van der Waals surface area contributed by atoms with Crippen molar-refractivity contribution in [3.05, 3.63) is 23.7 Å². The second-order valence-electron chi connectivity index (χ2n) is 6.52. The van der Waals surface area contributed by atoms with E-state index in [2.05, 4.69) is 21.5 Å². The molecule has 1 fully saturated rings. The largest absolute Gasteiger partial charge is 0.312 e. The summed E-state index contributed by atoms with van der Waals surface area (Å²) >= 11 is 6.07. The van der Waals surface area contributed by atoms with Crippen molar-refractivity contribution in [2.24, 2.45) is 11.8 Å². The Morgan fingerprint density at radius 1 is 1.19 bits per heavy atom. The number of rotatable bonds is 4. The molecule has 0 radical (unpaired) electrons. The lowest BCUT2D eigenvalue weighted by molar-refractivity contribution is 0.269. The lowest BCUT2D eigenvalue weighted by atomic mass is 9.81. The van der Waals surface area contributed by atoms with Crippen LogP contribution in [0, 0.1) is 18.8 Å². The first-order valence-electron chi connectivity index (χ1n) is 8.06. The molecule has 4 heteroatoms. The molecule has 3 nitrogen and oxygen atoms in total. The number of hydrogen-bond donors (Lipinski definition) is 0. The van der Waals surface area contributed by atoms with Crippen molar-refractivity contribution in [3.8, 4) is 0 Å². The maximum absolute atomic E-state index is 6.07. The number of nitrogens with zero attached hydrogens (tertiary/aromatic N) is 3. The third kappa shape index (κ3) is 3.23. The van der Waals surface area contributed by atoms with E-state index in [1.54, 1.807) is 0 Å². The van der Waals surface area contributed by atoms with Gasteiger partial charge in [-0.05, 0) is 37.3 Å². The van der Waals surface area contributed by atoms with Gasteiger partial charge in [0.25, 0.3) is 0 Å². The van der Waals surface area contributed by atoms with E-state index in [9.17, 15) is 0 Å². The number of alkyl halides is 1. The van der Waals surface area contributed by atoms with Crippen LogP contribution in [0.1, 0.15) is 50.5 Å². The number of halogens is 1. The van der Waals surface area contributed by atoms with Gasteiger partial charge in [0.15, 0.2) is 5.65 Å². The molecule has 0 bridgehead atoms. The van der Waals surface area contributed by atoms with Crippen LogP contribution in [0.2, 0.25) is 0 Å². The van der Waals surface area contributed by atoms with Gasteiger partial charge in [0, 0.05) is 12.2 Å². The molecule has 0 aliphatic heterocycles. The molecule has 0 atom stereocenters. The summed E-state index contributed by atoms with van der Waals surface area (Å²) in [5.74, 6) is 3.18. The average molecular weight is 306 g/mol. The predicted molar refractivity (Wildman–Crippen MR) is 87.6 cm³/mol. The zero-order valence-electron chi connectivity index (χ0n) is 13.0. The van der Waals surface area contributed by atoms with Crippen molar-refractivity contribution < 1.29 is 0 Å². The van der Waals surface area contributed by atoms with E-state index in [0.29, 0.717) is 5.88 Å². The Bertz CT molecular complexity index is 612. The quantitative estimate of drug-likeness (QED) is 0.767. The van der Waals surface area contributed by atoms with E-state index in [-0.39, 0.29) is 0 Å². The molecule has 0 spiro atoms. The van der Waals surface area contributed by atoms with E-state index in [4.69, 9.17) is 11.6 Å². The van der Waals surface area contributed by atoms with E-state index < -0.39 is 0 Å². The second-order valence-corrected chi connectivity index (χ2v) is 6.79. The summed E-state index contributed by atoms with van der Waals surface area (Å²) in [7, 11) is 0. The van der Waals surface area contributed by atoms with Gasteiger partial charge in [0.2, 0.25) is 0 Å². The Morgan fingerprint density at radius 3 is 2.67 bits per heavy atom. The van der Waals surface area contributed by atoms with Crippen LogP contribution in [0.5, 0.6) is 0 Å². The molecule has 0 unspecified atom stereocenters. The molecule has 0 amide bonds.